The number of anilines is 1. The summed E-state index contributed by atoms with van der Waals surface area (Å²) in [5.41, 5.74) is 7.05. The first kappa shape index (κ1) is 44.2. The third-order valence-corrected chi connectivity index (χ3v) is 11.7. The van der Waals surface area contributed by atoms with Gasteiger partial charge in [-0.2, -0.15) is 5.10 Å². The van der Waals surface area contributed by atoms with E-state index in [9.17, 15) is 24.0 Å². The minimum atomic E-state index is -1.01. The molecule has 6 aromatic rings. The van der Waals surface area contributed by atoms with Crippen molar-refractivity contribution < 1.29 is 33.4 Å². The highest BCUT2D eigenvalue weighted by Crippen LogP contribution is 2.36. The topological polar surface area (TPSA) is 191 Å². The number of carbonyl (C=O) groups is 5. The van der Waals surface area contributed by atoms with Crippen molar-refractivity contribution in [2.24, 2.45) is 0 Å². The summed E-state index contributed by atoms with van der Waals surface area (Å²) in [7, 11) is 0. The maximum Gasteiger partial charge on any atom is 0.408 e. The van der Waals surface area contributed by atoms with Gasteiger partial charge in [0.05, 0.1) is 29.6 Å². The average molecular weight is 879 g/mol. The summed E-state index contributed by atoms with van der Waals surface area (Å²) >= 11 is 0. The summed E-state index contributed by atoms with van der Waals surface area (Å²) in [6, 6.07) is 32.9. The van der Waals surface area contributed by atoms with E-state index in [-0.39, 0.29) is 36.0 Å². The van der Waals surface area contributed by atoms with Crippen LogP contribution in [0.25, 0.3) is 33.4 Å². The lowest BCUT2D eigenvalue weighted by Crippen LogP contribution is -2.48. The zero-order valence-electron chi connectivity index (χ0n) is 36.9. The van der Waals surface area contributed by atoms with Crippen LogP contribution < -0.4 is 16.0 Å². The number of nitrogens with one attached hydrogen (secondary N) is 5. The van der Waals surface area contributed by atoms with Crippen LogP contribution >= 0.6 is 0 Å². The minimum absolute atomic E-state index is 0.214. The highest BCUT2D eigenvalue weighted by Gasteiger charge is 2.39. The van der Waals surface area contributed by atoms with Crippen LogP contribution in [0.15, 0.2) is 115 Å². The van der Waals surface area contributed by atoms with Gasteiger partial charge in [-0.05, 0) is 100 Å². The predicted octanol–water partition coefficient (Wildman–Crippen LogP) is 8.57. The normalized spacial score (nSPS) is 17.0. The number of ether oxygens (including phenoxy) is 2. The number of aromatic nitrogens is 3. The van der Waals surface area contributed by atoms with Gasteiger partial charge in [-0.3, -0.25) is 19.5 Å². The van der Waals surface area contributed by atoms with E-state index >= 15 is 0 Å². The zero-order valence-corrected chi connectivity index (χ0v) is 36.9. The minimum Gasteiger partial charge on any atom is -0.447 e. The number of nitrogens with zero attached hydrogens (tertiary/aromatic N) is 3. The van der Waals surface area contributed by atoms with Gasteiger partial charge < -0.3 is 40.2 Å². The number of amides is 5. The van der Waals surface area contributed by atoms with Crippen molar-refractivity contribution in [3.8, 4) is 22.5 Å². The second kappa shape index (κ2) is 19.5. The largest absolute Gasteiger partial charge is 0.447 e. The Morgan fingerprint density at radius 2 is 1.23 bits per heavy atom. The molecule has 0 saturated carbocycles. The van der Waals surface area contributed by atoms with Gasteiger partial charge in [0.1, 0.15) is 18.1 Å². The Kier molecular flexibility index (Phi) is 13.3. The number of H-pyrrole nitrogens is 2. The summed E-state index contributed by atoms with van der Waals surface area (Å²) in [5, 5.41) is 17.2. The van der Waals surface area contributed by atoms with Crippen LogP contribution in [0.3, 0.4) is 0 Å². The van der Waals surface area contributed by atoms with Crippen molar-refractivity contribution in [3.63, 3.8) is 0 Å². The Balaban J connectivity index is 0.926. The maximum absolute atomic E-state index is 14.1. The van der Waals surface area contributed by atoms with E-state index in [0.717, 1.165) is 52.0 Å². The number of likely N-dealkylation sites (tertiary alicyclic amines) is 2. The molecular formula is C50H54N8O7. The molecule has 0 radical (unpaired) electrons. The Hall–Kier alpha value is -7.42. The molecule has 4 heterocycles. The van der Waals surface area contributed by atoms with Crippen LogP contribution in [0.5, 0.6) is 0 Å². The summed E-state index contributed by atoms with van der Waals surface area (Å²) in [5.74, 6) is -0.891. The molecule has 5 N–H and O–H groups in total. The Morgan fingerprint density at radius 3 is 1.85 bits per heavy atom. The van der Waals surface area contributed by atoms with Crippen molar-refractivity contribution in [1.82, 2.24) is 35.6 Å². The number of benzene rings is 4. The number of hydrogen-bond acceptors (Lipinski definition) is 8. The molecule has 65 heavy (non-hydrogen) atoms. The van der Waals surface area contributed by atoms with Gasteiger partial charge in [-0.25, -0.2) is 9.59 Å². The van der Waals surface area contributed by atoms with E-state index in [1.54, 1.807) is 61.8 Å². The van der Waals surface area contributed by atoms with Gasteiger partial charge in [-0.1, -0.05) is 84.9 Å². The van der Waals surface area contributed by atoms with E-state index in [0.29, 0.717) is 42.7 Å². The first-order valence-corrected chi connectivity index (χ1v) is 22.2. The van der Waals surface area contributed by atoms with E-state index in [4.69, 9.17) is 9.47 Å². The quantitative estimate of drug-likeness (QED) is 0.0762. The van der Waals surface area contributed by atoms with Gasteiger partial charge >= 0.3 is 12.2 Å². The number of fused-ring (bicyclic) bond motifs is 1. The molecular weight excluding hydrogens is 825 g/mol. The van der Waals surface area contributed by atoms with Crippen LogP contribution in [0.4, 0.5) is 15.3 Å². The lowest BCUT2D eigenvalue weighted by Gasteiger charge is -2.29. The van der Waals surface area contributed by atoms with Gasteiger partial charge in [0.2, 0.25) is 11.8 Å². The molecule has 4 atom stereocenters. The number of carbonyl (C=O) groups excluding carboxylic acids is 5. The van der Waals surface area contributed by atoms with Gasteiger partial charge in [-0.15, -0.1) is 0 Å². The molecule has 0 bridgehead atoms. The van der Waals surface area contributed by atoms with Crippen LogP contribution in [-0.4, -0.2) is 86.2 Å². The number of alkyl carbamates (subject to hydrolysis) is 2. The monoisotopic (exact) mass is 878 g/mol. The molecule has 336 valence electrons. The molecule has 2 aliphatic rings. The zero-order chi connectivity index (χ0) is 45.6. The van der Waals surface area contributed by atoms with Crippen molar-refractivity contribution in [1.29, 1.82) is 0 Å². The average Bonchev–Trinajstić information content (AvgIpc) is 4.14. The highest BCUT2D eigenvalue weighted by atomic mass is 16.6. The first-order chi connectivity index (χ1) is 31.4. The van der Waals surface area contributed by atoms with Crippen molar-refractivity contribution in [3.05, 3.63) is 132 Å². The van der Waals surface area contributed by atoms with Crippen molar-refractivity contribution >= 4 is 46.5 Å². The van der Waals surface area contributed by atoms with Crippen molar-refractivity contribution in [2.45, 2.75) is 89.8 Å². The fraction of sp³-hybridized carbons (Fsp3) is 0.320. The lowest BCUT2D eigenvalue weighted by atomic mass is 10.0. The Bertz CT molecular complexity index is 2640. The molecule has 2 aromatic heterocycles. The Morgan fingerprint density at radius 1 is 0.662 bits per heavy atom. The SMILES string of the molecule is CC(C)OC(=O)NC(C(=O)N1CCCC1C(=O)Nc1ccc2[nH]c(-c3ccc(-c4cc(C5CCCN5C(=O)C(NC(=O)OC(C)C)c5ccccc5)[nH]n4)cc3)cc2c1)c1ccccc1. The molecule has 8 rings (SSSR count). The molecule has 2 aliphatic heterocycles. The molecule has 5 amide bonds. The molecule has 4 aromatic carbocycles. The molecule has 0 aliphatic carbocycles. The number of aromatic amines is 2. The van der Waals surface area contributed by atoms with Crippen LogP contribution in [0, 0.1) is 0 Å². The van der Waals surface area contributed by atoms with Crippen LogP contribution in [0.1, 0.15) is 88.3 Å². The fourth-order valence-corrected chi connectivity index (χ4v) is 8.65. The summed E-state index contributed by atoms with van der Waals surface area (Å²) in [6.07, 6.45) is 0.644. The standard InChI is InChI=1S/C50H54N8O7/c1-30(2)64-49(62)53-44(34-13-7-5-8-14-34)47(60)57-25-11-17-42(57)41-29-40(55-56-41)33-21-19-32(20-22-33)39-28-36-27-37(23-24-38(36)52-39)51-46(59)43-18-12-26-58(43)48(61)45(35-15-9-6-10-16-35)54-50(63)65-31(3)4/h5-10,13-16,19-24,27-31,42-45,52H,11-12,17-18,25-26H2,1-4H3,(H,51,59)(H,53,62)(H,54,63)(H,55,56). The second-order valence-electron chi connectivity index (χ2n) is 17.0. The van der Waals surface area contributed by atoms with Gasteiger partial charge in [0, 0.05) is 40.9 Å². The van der Waals surface area contributed by atoms with Crippen molar-refractivity contribution in [2.75, 3.05) is 18.4 Å². The first-order valence-electron chi connectivity index (χ1n) is 22.2. The molecule has 4 unspecified atom stereocenters. The van der Waals surface area contributed by atoms with E-state index in [1.807, 2.05) is 91.0 Å². The molecule has 15 nitrogen and oxygen atoms in total. The van der Waals surface area contributed by atoms with E-state index in [1.165, 1.54) is 0 Å². The van der Waals surface area contributed by atoms with Crippen LogP contribution in [-0.2, 0) is 23.9 Å². The molecule has 15 heteroatoms. The molecule has 0 spiro atoms. The molecule has 2 saturated heterocycles. The summed E-state index contributed by atoms with van der Waals surface area (Å²) in [6.45, 7) is 7.92. The van der Waals surface area contributed by atoms with Gasteiger partial charge in [0.25, 0.3) is 5.91 Å². The smallest absolute Gasteiger partial charge is 0.408 e. The Labute approximate surface area is 377 Å². The second-order valence-corrected chi connectivity index (χ2v) is 17.0. The maximum atomic E-state index is 14.1. The molecule has 2 fully saturated rings. The highest BCUT2D eigenvalue weighted by molar-refractivity contribution is 6.00. The van der Waals surface area contributed by atoms with Crippen LogP contribution in [0.2, 0.25) is 0 Å². The van der Waals surface area contributed by atoms with Gasteiger partial charge in [0.15, 0.2) is 0 Å². The third kappa shape index (κ3) is 10.2. The lowest BCUT2D eigenvalue weighted by molar-refractivity contribution is -0.138. The van der Waals surface area contributed by atoms with E-state index in [2.05, 4.69) is 31.1 Å². The third-order valence-electron chi connectivity index (χ3n) is 11.7. The summed E-state index contributed by atoms with van der Waals surface area (Å²) in [4.78, 5) is 74.0. The fourth-order valence-electron chi connectivity index (χ4n) is 8.65. The predicted molar refractivity (Wildman–Crippen MR) is 246 cm³/mol. The number of rotatable bonds is 13. The number of hydrogen-bond donors (Lipinski definition) is 5. The van der Waals surface area contributed by atoms with E-state index < -0.39 is 30.3 Å². The summed E-state index contributed by atoms with van der Waals surface area (Å²) < 4.78 is 10.6.